The number of carbonyl (C=O) groups excluding carboxylic acids is 1. The summed E-state index contributed by atoms with van der Waals surface area (Å²) in [5.41, 5.74) is 8.04. The van der Waals surface area contributed by atoms with Gasteiger partial charge in [0.05, 0.1) is 5.69 Å². The number of nitrogens with two attached hydrogens (primary N) is 1. The van der Waals surface area contributed by atoms with Crippen LogP contribution in [0.1, 0.15) is 40.9 Å². The van der Waals surface area contributed by atoms with Gasteiger partial charge in [-0.3, -0.25) is 4.79 Å². The molecule has 2 aliphatic rings. The van der Waals surface area contributed by atoms with Gasteiger partial charge >= 0.3 is 0 Å². The molecule has 3 N–H and O–H groups in total. The van der Waals surface area contributed by atoms with Crippen molar-refractivity contribution in [3.8, 4) is 0 Å². The third-order valence-corrected chi connectivity index (χ3v) is 6.07. The number of nitrogens with one attached hydrogen (secondary N) is 1. The van der Waals surface area contributed by atoms with Crippen LogP contribution in [-0.2, 0) is 0 Å². The largest absolute Gasteiger partial charge is 0.397 e. The van der Waals surface area contributed by atoms with Crippen molar-refractivity contribution in [3.63, 3.8) is 0 Å². The van der Waals surface area contributed by atoms with Gasteiger partial charge in [-0.05, 0) is 50.0 Å². The van der Waals surface area contributed by atoms with Crippen LogP contribution in [0.2, 0.25) is 0 Å². The molecule has 1 aromatic carbocycles. The van der Waals surface area contributed by atoms with E-state index in [1.165, 1.54) is 42.6 Å². The summed E-state index contributed by atoms with van der Waals surface area (Å²) in [6.07, 6.45) is 5.07. The molecule has 2 aromatic rings. The van der Waals surface area contributed by atoms with Crippen molar-refractivity contribution >= 4 is 33.0 Å². The molecule has 4 heteroatoms. The van der Waals surface area contributed by atoms with E-state index < -0.39 is 0 Å². The Bertz CT molecular complexity index is 701. The summed E-state index contributed by atoms with van der Waals surface area (Å²) in [6.45, 7) is 2.07. The van der Waals surface area contributed by atoms with Gasteiger partial charge < -0.3 is 11.1 Å². The molecule has 1 amide bonds. The summed E-state index contributed by atoms with van der Waals surface area (Å²) in [6, 6.07) is 6.45. The molecular formula is C17H20N2OS. The number of anilines is 1. The Morgan fingerprint density at radius 2 is 1.95 bits per heavy atom. The molecule has 2 aliphatic carbocycles. The number of benzene rings is 1. The highest BCUT2D eigenvalue weighted by Gasteiger charge is 2.42. The zero-order valence-corrected chi connectivity index (χ0v) is 13.0. The average molecular weight is 300 g/mol. The average Bonchev–Trinajstić information content (AvgIpc) is 3.36. The first-order valence-electron chi connectivity index (χ1n) is 7.73. The van der Waals surface area contributed by atoms with Gasteiger partial charge in [0.25, 0.3) is 5.91 Å². The molecule has 0 radical (unpaired) electrons. The molecule has 110 valence electrons. The predicted octanol–water partition coefficient (Wildman–Crippen LogP) is 3.71. The first-order chi connectivity index (χ1) is 10.1. The lowest BCUT2D eigenvalue weighted by Crippen LogP contribution is -2.37. The van der Waals surface area contributed by atoms with Crippen molar-refractivity contribution in [2.24, 2.45) is 11.8 Å². The van der Waals surface area contributed by atoms with E-state index in [0.717, 1.165) is 10.1 Å². The molecule has 2 fully saturated rings. The minimum atomic E-state index is 0.0249. The van der Waals surface area contributed by atoms with Crippen LogP contribution in [-0.4, -0.2) is 11.9 Å². The molecule has 2 saturated carbocycles. The molecule has 0 atom stereocenters. The highest BCUT2D eigenvalue weighted by Crippen LogP contribution is 2.45. The van der Waals surface area contributed by atoms with Crippen LogP contribution in [0.5, 0.6) is 0 Å². The van der Waals surface area contributed by atoms with Gasteiger partial charge in [-0.1, -0.05) is 18.2 Å². The van der Waals surface area contributed by atoms with E-state index in [-0.39, 0.29) is 5.91 Å². The van der Waals surface area contributed by atoms with Crippen molar-refractivity contribution in [1.29, 1.82) is 0 Å². The van der Waals surface area contributed by atoms with E-state index >= 15 is 0 Å². The van der Waals surface area contributed by atoms with E-state index in [9.17, 15) is 4.79 Å². The van der Waals surface area contributed by atoms with Crippen LogP contribution < -0.4 is 11.1 Å². The van der Waals surface area contributed by atoms with E-state index in [2.05, 4.69) is 18.3 Å². The van der Waals surface area contributed by atoms with Gasteiger partial charge in [-0.25, -0.2) is 0 Å². The summed E-state index contributed by atoms with van der Waals surface area (Å²) >= 11 is 1.53. The summed E-state index contributed by atoms with van der Waals surface area (Å²) in [5, 5.41) is 4.28. The Kier molecular flexibility index (Phi) is 2.96. The fourth-order valence-electron chi connectivity index (χ4n) is 3.20. The van der Waals surface area contributed by atoms with E-state index in [4.69, 9.17) is 5.73 Å². The number of hydrogen-bond donors (Lipinski definition) is 2. The highest BCUT2D eigenvalue weighted by molar-refractivity contribution is 7.21. The predicted molar refractivity (Wildman–Crippen MR) is 87.7 cm³/mol. The third-order valence-electron chi connectivity index (χ3n) is 4.71. The Morgan fingerprint density at radius 1 is 1.29 bits per heavy atom. The molecule has 4 rings (SSSR count). The number of rotatable bonds is 4. The molecule has 21 heavy (non-hydrogen) atoms. The molecule has 3 nitrogen and oxygen atoms in total. The van der Waals surface area contributed by atoms with Gasteiger partial charge in [-0.15, -0.1) is 11.3 Å². The molecule has 0 saturated heterocycles. The highest BCUT2D eigenvalue weighted by atomic mass is 32.1. The maximum absolute atomic E-state index is 12.6. The number of amides is 1. The number of thiophene rings is 1. The van der Waals surface area contributed by atoms with Crippen LogP contribution in [0, 0.1) is 18.8 Å². The quantitative estimate of drug-likeness (QED) is 0.904. The van der Waals surface area contributed by atoms with E-state index in [1.54, 1.807) is 0 Å². The Balaban J connectivity index is 1.64. The molecule has 1 aromatic heterocycles. The smallest absolute Gasteiger partial charge is 0.263 e. The number of carbonyl (C=O) groups is 1. The maximum Gasteiger partial charge on any atom is 0.263 e. The van der Waals surface area contributed by atoms with Crippen molar-refractivity contribution in [3.05, 3.63) is 28.6 Å². The monoisotopic (exact) mass is 300 g/mol. The molecule has 0 aliphatic heterocycles. The summed E-state index contributed by atoms with van der Waals surface area (Å²) in [5.74, 6) is 1.44. The number of aryl methyl sites for hydroxylation is 1. The topological polar surface area (TPSA) is 55.1 Å². The van der Waals surface area contributed by atoms with Crippen LogP contribution >= 0.6 is 11.3 Å². The van der Waals surface area contributed by atoms with Crippen molar-refractivity contribution in [1.82, 2.24) is 5.32 Å². The lowest BCUT2D eigenvalue weighted by molar-refractivity contribution is 0.0931. The van der Waals surface area contributed by atoms with Gasteiger partial charge in [0.15, 0.2) is 0 Å². The van der Waals surface area contributed by atoms with Crippen LogP contribution in [0.4, 0.5) is 5.69 Å². The molecule has 0 spiro atoms. The van der Waals surface area contributed by atoms with Crippen LogP contribution in [0.15, 0.2) is 18.2 Å². The Morgan fingerprint density at radius 3 is 2.52 bits per heavy atom. The third kappa shape index (κ3) is 2.31. The Hall–Kier alpha value is -1.55. The lowest BCUT2D eigenvalue weighted by atomic mass is 10.1. The van der Waals surface area contributed by atoms with Crippen LogP contribution in [0.25, 0.3) is 10.1 Å². The Labute approximate surface area is 128 Å². The first-order valence-corrected chi connectivity index (χ1v) is 8.55. The van der Waals surface area contributed by atoms with Crippen molar-refractivity contribution in [2.75, 3.05) is 5.73 Å². The van der Waals surface area contributed by atoms with E-state index in [0.29, 0.717) is 28.4 Å². The minimum absolute atomic E-state index is 0.0249. The van der Waals surface area contributed by atoms with Crippen molar-refractivity contribution < 1.29 is 4.79 Å². The zero-order valence-electron chi connectivity index (χ0n) is 12.2. The number of nitrogen functional groups attached to an aromatic ring is 1. The SMILES string of the molecule is Cc1cccc2c(N)c(C(=O)NC(C3CC3)C3CC3)sc12. The van der Waals surface area contributed by atoms with Gasteiger partial charge in [-0.2, -0.15) is 0 Å². The lowest BCUT2D eigenvalue weighted by Gasteiger charge is -2.17. The second-order valence-electron chi connectivity index (χ2n) is 6.47. The zero-order chi connectivity index (χ0) is 14.6. The normalized spacial score (nSPS) is 18.4. The summed E-state index contributed by atoms with van der Waals surface area (Å²) < 4.78 is 1.13. The standard InChI is InChI=1S/C17H20N2OS/c1-9-3-2-4-12-13(18)16(21-15(9)12)17(20)19-14(10-5-6-10)11-7-8-11/h2-4,10-11,14H,5-8,18H2,1H3,(H,19,20). The molecule has 0 bridgehead atoms. The van der Waals surface area contributed by atoms with E-state index in [1.807, 2.05) is 12.1 Å². The second-order valence-corrected chi connectivity index (χ2v) is 7.49. The number of hydrogen-bond acceptors (Lipinski definition) is 3. The van der Waals surface area contributed by atoms with Gasteiger partial charge in [0, 0.05) is 16.1 Å². The maximum atomic E-state index is 12.6. The van der Waals surface area contributed by atoms with Gasteiger partial charge in [0.2, 0.25) is 0 Å². The fourth-order valence-corrected chi connectivity index (χ4v) is 4.29. The number of fused-ring (bicyclic) bond motifs is 1. The molecule has 0 unspecified atom stereocenters. The minimum Gasteiger partial charge on any atom is -0.397 e. The fraction of sp³-hybridized carbons (Fsp3) is 0.471. The molecule has 1 heterocycles. The summed E-state index contributed by atoms with van der Waals surface area (Å²) in [4.78, 5) is 13.3. The second kappa shape index (κ2) is 4.73. The summed E-state index contributed by atoms with van der Waals surface area (Å²) in [7, 11) is 0. The van der Waals surface area contributed by atoms with Gasteiger partial charge in [0.1, 0.15) is 4.88 Å². The van der Waals surface area contributed by atoms with Crippen molar-refractivity contribution in [2.45, 2.75) is 38.6 Å². The molecular weight excluding hydrogens is 280 g/mol. The first kappa shape index (κ1) is 13.1. The van der Waals surface area contributed by atoms with Crippen LogP contribution in [0.3, 0.4) is 0 Å².